The molecule has 0 saturated heterocycles. The summed E-state index contributed by atoms with van der Waals surface area (Å²) in [5.41, 5.74) is 0.234. The maximum atomic E-state index is 12.6. The Labute approximate surface area is 169 Å². The van der Waals surface area contributed by atoms with Crippen molar-refractivity contribution in [3.05, 3.63) is 43.3 Å². The molecular formula is C22H29NO4S. The Kier molecular flexibility index (Phi) is 7.24. The second kappa shape index (κ2) is 9.24. The number of ether oxygens (including phenoxy) is 2. The predicted molar refractivity (Wildman–Crippen MR) is 115 cm³/mol. The van der Waals surface area contributed by atoms with E-state index in [4.69, 9.17) is 9.47 Å². The first kappa shape index (κ1) is 22.0. The van der Waals surface area contributed by atoms with Gasteiger partial charge in [-0.05, 0) is 30.2 Å². The van der Waals surface area contributed by atoms with Gasteiger partial charge in [0.05, 0.1) is 18.2 Å². The summed E-state index contributed by atoms with van der Waals surface area (Å²) in [6.07, 6.45) is 5.40. The molecule has 28 heavy (non-hydrogen) atoms. The molecule has 1 aromatic heterocycles. The van der Waals surface area contributed by atoms with E-state index in [0.29, 0.717) is 27.3 Å². The summed E-state index contributed by atoms with van der Waals surface area (Å²) in [6, 6.07) is 5.60. The molecule has 6 heteroatoms. The molecule has 2 rings (SSSR count). The van der Waals surface area contributed by atoms with E-state index < -0.39 is 5.41 Å². The van der Waals surface area contributed by atoms with Crippen molar-refractivity contribution in [3.8, 4) is 11.5 Å². The van der Waals surface area contributed by atoms with Crippen molar-refractivity contribution in [1.82, 2.24) is 4.57 Å². The van der Waals surface area contributed by atoms with E-state index in [0.717, 1.165) is 18.4 Å². The van der Waals surface area contributed by atoms with Gasteiger partial charge in [-0.15, -0.1) is 11.3 Å². The fourth-order valence-corrected chi connectivity index (χ4v) is 3.44. The first-order valence-corrected chi connectivity index (χ1v) is 10.2. The van der Waals surface area contributed by atoms with Gasteiger partial charge in [0.15, 0.2) is 17.3 Å². The fourth-order valence-electron chi connectivity index (χ4n) is 2.41. The van der Waals surface area contributed by atoms with Gasteiger partial charge in [0.25, 0.3) is 5.56 Å². The van der Waals surface area contributed by atoms with Crippen LogP contribution >= 0.6 is 11.3 Å². The Morgan fingerprint density at radius 2 is 1.96 bits per heavy atom. The average Bonchev–Trinajstić information content (AvgIpc) is 2.90. The lowest BCUT2D eigenvalue weighted by Crippen LogP contribution is -2.30. The molecule has 0 unspecified atom stereocenters. The number of unbranched alkanes of at least 4 members (excludes halogenated alkanes) is 1. The Morgan fingerprint density at radius 1 is 1.25 bits per heavy atom. The van der Waals surface area contributed by atoms with Crippen LogP contribution in [0.3, 0.4) is 0 Å². The van der Waals surface area contributed by atoms with Crippen LogP contribution in [-0.4, -0.2) is 24.1 Å². The molecule has 0 atom stereocenters. The largest absolute Gasteiger partial charge is 0.493 e. The standard InChI is InChI=1S/C22H29NO4S/c1-7-8-11-27-16-10-9-15(12-17(16)26-6)13-18-21(25)23(5)20(28-18)14-19(24)22(2,3)4/h9-10,12-14H,7-8,11H2,1-6H3/b18-13-,20-14-. The maximum Gasteiger partial charge on any atom is 0.268 e. The van der Waals surface area contributed by atoms with E-state index in [1.807, 2.05) is 45.0 Å². The van der Waals surface area contributed by atoms with Crippen molar-refractivity contribution in [2.24, 2.45) is 12.5 Å². The molecule has 0 radical (unpaired) electrons. The van der Waals surface area contributed by atoms with Crippen LogP contribution in [0.4, 0.5) is 0 Å². The highest BCUT2D eigenvalue weighted by Crippen LogP contribution is 2.28. The molecule has 1 heterocycles. The first-order valence-electron chi connectivity index (χ1n) is 9.42. The maximum absolute atomic E-state index is 12.6. The van der Waals surface area contributed by atoms with Gasteiger partial charge in [0.1, 0.15) is 4.66 Å². The number of Topliss-reactive ketones (excluding diaryl/α,β-unsaturated/α-hetero) is 1. The molecule has 0 spiro atoms. The monoisotopic (exact) mass is 403 g/mol. The van der Waals surface area contributed by atoms with Crippen molar-refractivity contribution in [3.63, 3.8) is 0 Å². The van der Waals surface area contributed by atoms with Crippen molar-refractivity contribution >= 4 is 29.3 Å². The van der Waals surface area contributed by atoms with Gasteiger partial charge in [-0.3, -0.25) is 9.59 Å². The van der Waals surface area contributed by atoms with Gasteiger partial charge in [-0.1, -0.05) is 40.2 Å². The Balaban J connectivity index is 2.43. The molecule has 0 N–H and O–H groups in total. The van der Waals surface area contributed by atoms with Crippen LogP contribution in [0.15, 0.2) is 23.0 Å². The number of hydrogen-bond acceptors (Lipinski definition) is 5. The molecule has 0 saturated carbocycles. The third-order valence-corrected chi connectivity index (χ3v) is 5.41. The summed E-state index contributed by atoms with van der Waals surface area (Å²) in [5, 5.41) is 0. The summed E-state index contributed by atoms with van der Waals surface area (Å²) in [6.45, 7) is 8.34. The highest BCUT2D eigenvalue weighted by Gasteiger charge is 2.19. The molecule has 1 aromatic carbocycles. The van der Waals surface area contributed by atoms with Crippen molar-refractivity contribution in [2.75, 3.05) is 13.7 Å². The number of ketones is 1. The zero-order valence-corrected chi connectivity index (χ0v) is 18.3. The van der Waals surface area contributed by atoms with Gasteiger partial charge in [-0.2, -0.15) is 0 Å². The molecule has 0 aliphatic heterocycles. The summed E-state index contributed by atoms with van der Waals surface area (Å²) in [4.78, 5) is 24.9. The van der Waals surface area contributed by atoms with E-state index in [9.17, 15) is 9.59 Å². The molecule has 5 nitrogen and oxygen atoms in total. The van der Waals surface area contributed by atoms with E-state index >= 15 is 0 Å². The smallest absolute Gasteiger partial charge is 0.268 e. The number of carbonyl (C=O) groups is 1. The topological polar surface area (TPSA) is 57.5 Å². The normalized spacial score (nSPS) is 13.1. The lowest BCUT2D eigenvalue weighted by atomic mass is 9.91. The van der Waals surface area contributed by atoms with Crippen molar-refractivity contribution < 1.29 is 14.3 Å². The molecule has 0 fully saturated rings. The molecule has 152 valence electrons. The van der Waals surface area contributed by atoms with Gasteiger partial charge in [-0.25, -0.2) is 0 Å². The molecule has 0 bridgehead atoms. The third-order valence-electron chi connectivity index (χ3n) is 4.30. The van der Waals surface area contributed by atoms with E-state index in [1.165, 1.54) is 15.9 Å². The van der Waals surface area contributed by atoms with Crippen LogP contribution in [0.2, 0.25) is 0 Å². The van der Waals surface area contributed by atoms with Crippen LogP contribution in [0, 0.1) is 5.41 Å². The molecule has 2 aromatic rings. The summed E-state index contributed by atoms with van der Waals surface area (Å²) >= 11 is 1.31. The first-order chi connectivity index (χ1) is 13.2. The lowest BCUT2D eigenvalue weighted by Gasteiger charge is -2.12. The van der Waals surface area contributed by atoms with E-state index in [-0.39, 0.29) is 11.3 Å². The van der Waals surface area contributed by atoms with E-state index in [2.05, 4.69) is 6.92 Å². The third kappa shape index (κ3) is 5.35. The number of nitrogens with zero attached hydrogens (tertiary/aromatic N) is 1. The van der Waals surface area contributed by atoms with Crippen molar-refractivity contribution in [1.29, 1.82) is 0 Å². The van der Waals surface area contributed by atoms with Crippen LogP contribution in [0.25, 0.3) is 12.2 Å². The number of hydrogen-bond donors (Lipinski definition) is 0. The lowest BCUT2D eigenvalue weighted by molar-refractivity contribution is -0.120. The Morgan fingerprint density at radius 3 is 2.57 bits per heavy atom. The number of benzene rings is 1. The zero-order valence-electron chi connectivity index (χ0n) is 17.5. The number of carbonyl (C=O) groups excluding carboxylic acids is 1. The number of rotatable bonds is 7. The summed E-state index contributed by atoms with van der Waals surface area (Å²) < 4.78 is 13.9. The van der Waals surface area contributed by atoms with E-state index in [1.54, 1.807) is 20.2 Å². The van der Waals surface area contributed by atoms with Crippen LogP contribution in [0.5, 0.6) is 11.5 Å². The SMILES string of the molecule is CCCCOc1ccc(/C=c2\s/c(=C\C(=O)C(C)(C)C)n(C)c2=O)cc1OC. The quantitative estimate of drug-likeness (QED) is 0.667. The highest BCUT2D eigenvalue weighted by atomic mass is 32.1. The number of aromatic nitrogens is 1. The summed E-state index contributed by atoms with van der Waals surface area (Å²) in [5.74, 6) is 1.32. The molecule has 0 amide bonds. The minimum absolute atomic E-state index is 0.00819. The minimum Gasteiger partial charge on any atom is -0.493 e. The molecule has 0 aliphatic carbocycles. The molecular weight excluding hydrogens is 374 g/mol. The fraction of sp³-hybridized carbons (Fsp3) is 0.455. The van der Waals surface area contributed by atoms with Crippen molar-refractivity contribution in [2.45, 2.75) is 40.5 Å². The highest BCUT2D eigenvalue weighted by molar-refractivity contribution is 7.07. The summed E-state index contributed by atoms with van der Waals surface area (Å²) in [7, 11) is 3.28. The second-order valence-electron chi connectivity index (χ2n) is 7.68. The van der Waals surface area contributed by atoms with Crippen LogP contribution < -0.4 is 24.2 Å². The van der Waals surface area contributed by atoms with Crippen LogP contribution in [0.1, 0.15) is 46.1 Å². The second-order valence-corrected chi connectivity index (χ2v) is 8.75. The van der Waals surface area contributed by atoms with Gasteiger partial charge in [0.2, 0.25) is 0 Å². The number of methoxy groups -OCH3 is 1. The Hall–Kier alpha value is -2.34. The van der Waals surface area contributed by atoms with Gasteiger partial charge < -0.3 is 14.0 Å². The average molecular weight is 404 g/mol. The predicted octanol–water partition coefficient (Wildman–Crippen LogP) is 2.86. The van der Waals surface area contributed by atoms with Crippen LogP contribution in [-0.2, 0) is 11.8 Å². The zero-order chi connectivity index (χ0) is 20.9. The Bertz CT molecular complexity index is 1010. The number of thiazole rings is 1. The van der Waals surface area contributed by atoms with Gasteiger partial charge >= 0.3 is 0 Å². The molecule has 0 aliphatic rings. The van der Waals surface area contributed by atoms with Gasteiger partial charge in [0, 0.05) is 18.5 Å². The minimum atomic E-state index is -0.481.